The largest absolute Gasteiger partial charge is 0.392 e. The maximum absolute atomic E-state index is 9.25. The molecule has 18 heavy (non-hydrogen) atoms. The molecule has 0 fully saturated rings. The highest BCUT2D eigenvalue weighted by Gasteiger charge is 2.03. The van der Waals surface area contributed by atoms with Crippen LogP contribution in [0.5, 0.6) is 0 Å². The minimum absolute atomic E-state index is 0.0252. The maximum Gasteiger partial charge on any atom is 0.135 e. The number of aromatic amines is 1. The van der Waals surface area contributed by atoms with E-state index >= 15 is 0 Å². The van der Waals surface area contributed by atoms with Crippen LogP contribution in [0.2, 0.25) is 0 Å². The average molecular weight is 239 g/mol. The van der Waals surface area contributed by atoms with Gasteiger partial charge in [0.25, 0.3) is 0 Å². The summed E-state index contributed by atoms with van der Waals surface area (Å²) in [5, 5.41) is 13.6. The Hall–Kier alpha value is -2.33. The first-order valence-electron chi connectivity index (χ1n) is 5.76. The zero-order valence-electron chi connectivity index (χ0n) is 9.72. The Balaban J connectivity index is 1.95. The van der Waals surface area contributed by atoms with Crippen LogP contribution in [0.1, 0.15) is 5.56 Å². The van der Waals surface area contributed by atoms with E-state index in [1.54, 1.807) is 6.20 Å². The van der Waals surface area contributed by atoms with Gasteiger partial charge in [0.15, 0.2) is 0 Å². The number of nitrogens with zero attached hydrogens (tertiary/aromatic N) is 1. The van der Waals surface area contributed by atoms with Crippen molar-refractivity contribution in [1.29, 1.82) is 0 Å². The van der Waals surface area contributed by atoms with E-state index in [0.29, 0.717) is 5.82 Å². The Morgan fingerprint density at radius 1 is 1.22 bits per heavy atom. The fourth-order valence-corrected chi connectivity index (χ4v) is 1.95. The van der Waals surface area contributed by atoms with Crippen LogP contribution in [0.15, 0.2) is 48.8 Å². The van der Waals surface area contributed by atoms with Crippen molar-refractivity contribution in [2.45, 2.75) is 6.61 Å². The molecular weight excluding hydrogens is 226 g/mol. The smallest absolute Gasteiger partial charge is 0.135 e. The van der Waals surface area contributed by atoms with E-state index in [1.807, 2.05) is 42.6 Å². The number of hydrogen-bond donors (Lipinski definition) is 3. The van der Waals surface area contributed by atoms with Crippen LogP contribution >= 0.6 is 0 Å². The highest BCUT2D eigenvalue weighted by molar-refractivity contribution is 5.83. The first-order valence-corrected chi connectivity index (χ1v) is 5.76. The molecule has 0 atom stereocenters. The molecule has 3 aromatic rings. The van der Waals surface area contributed by atoms with Crippen molar-refractivity contribution in [2.24, 2.45) is 0 Å². The number of nitrogens with one attached hydrogen (secondary N) is 2. The molecule has 0 aliphatic heterocycles. The summed E-state index contributed by atoms with van der Waals surface area (Å²) in [6, 6.07) is 11.7. The van der Waals surface area contributed by atoms with E-state index in [4.69, 9.17) is 0 Å². The van der Waals surface area contributed by atoms with Gasteiger partial charge >= 0.3 is 0 Å². The third-order valence-corrected chi connectivity index (χ3v) is 2.88. The Morgan fingerprint density at radius 2 is 2.17 bits per heavy atom. The van der Waals surface area contributed by atoms with Gasteiger partial charge in [0.05, 0.1) is 6.61 Å². The summed E-state index contributed by atoms with van der Waals surface area (Å²) < 4.78 is 0. The van der Waals surface area contributed by atoms with Gasteiger partial charge in [0.2, 0.25) is 0 Å². The molecule has 0 bridgehead atoms. The summed E-state index contributed by atoms with van der Waals surface area (Å²) in [7, 11) is 0. The molecule has 0 spiro atoms. The first-order chi connectivity index (χ1) is 8.86. The standard InChI is InChI=1S/C14H13N3O/c18-9-11-2-1-6-16-14(11)17-12-3-4-13-10(8-12)5-7-15-13/h1-8,15,18H,9H2,(H,16,17). The van der Waals surface area contributed by atoms with Crippen molar-refractivity contribution in [1.82, 2.24) is 9.97 Å². The van der Waals surface area contributed by atoms with Crippen molar-refractivity contribution in [2.75, 3.05) is 5.32 Å². The number of aromatic nitrogens is 2. The Bertz CT molecular complexity index is 675. The van der Waals surface area contributed by atoms with Crippen molar-refractivity contribution in [3.63, 3.8) is 0 Å². The second-order valence-corrected chi connectivity index (χ2v) is 4.07. The molecule has 3 rings (SSSR count). The van der Waals surface area contributed by atoms with E-state index in [0.717, 1.165) is 22.2 Å². The quantitative estimate of drug-likeness (QED) is 0.658. The van der Waals surface area contributed by atoms with Crippen molar-refractivity contribution >= 4 is 22.4 Å². The van der Waals surface area contributed by atoms with Gasteiger partial charge in [0.1, 0.15) is 5.82 Å². The van der Waals surface area contributed by atoms with Crippen LogP contribution in [-0.2, 0) is 6.61 Å². The monoisotopic (exact) mass is 239 g/mol. The molecule has 4 nitrogen and oxygen atoms in total. The predicted octanol–water partition coefficient (Wildman–Crippen LogP) is 2.80. The number of pyridine rings is 1. The topological polar surface area (TPSA) is 60.9 Å². The lowest BCUT2D eigenvalue weighted by Crippen LogP contribution is -1.98. The number of aliphatic hydroxyl groups is 1. The van der Waals surface area contributed by atoms with Crippen LogP contribution in [0.4, 0.5) is 11.5 Å². The van der Waals surface area contributed by atoms with Crippen LogP contribution < -0.4 is 5.32 Å². The number of benzene rings is 1. The fourth-order valence-electron chi connectivity index (χ4n) is 1.95. The van der Waals surface area contributed by atoms with E-state index in [1.165, 1.54) is 0 Å². The molecule has 2 heterocycles. The fraction of sp³-hybridized carbons (Fsp3) is 0.0714. The zero-order valence-corrected chi connectivity index (χ0v) is 9.72. The minimum Gasteiger partial charge on any atom is -0.392 e. The normalized spacial score (nSPS) is 10.7. The van der Waals surface area contributed by atoms with Crippen LogP contribution in [0.3, 0.4) is 0 Å². The summed E-state index contributed by atoms with van der Waals surface area (Å²) in [4.78, 5) is 7.38. The molecule has 3 N–H and O–H groups in total. The number of hydrogen-bond acceptors (Lipinski definition) is 3. The van der Waals surface area contributed by atoms with Gasteiger partial charge in [-0.25, -0.2) is 4.98 Å². The van der Waals surface area contributed by atoms with Gasteiger partial charge in [-0.2, -0.15) is 0 Å². The summed E-state index contributed by atoms with van der Waals surface area (Å²) in [5.74, 6) is 0.690. The van der Waals surface area contributed by atoms with Crippen LogP contribution in [0.25, 0.3) is 10.9 Å². The summed E-state index contributed by atoms with van der Waals surface area (Å²) in [6.07, 6.45) is 3.62. The van der Waals surface area contributed by atoms with Gasteiger partial charge in [-0.1, -0.05) is 6.07 Å². The van der Waals surface area contributed by atoms with Crippen LogP contribution in [-0.4, -0.2) is 15.1 Å². The lowest BCUT2D eigenvalue weighted by Gasteiger charge is -2.09. The third-order valence-electron chi connectivity index (χ3n) is 2.88. The molecule has 0 aliphatic rings. The molecule has 90 valence electrons. The predicted molar refractivity (Wildman–Crippen MR) is 71.7 cm³/mol. The number of fused-ring (bicyclic) bond motifs is 1. The second-order valence-electron chi connectivity index (χ2n) is 4.07. The number of rotatable bonds is 3. The Kier molecular flexibility index (Phi) is 2.70. The SMILES string of the molecule is OCc1cccnc1Nc1ccc2[nH]ccc2c1. The molecular formula is C14H13N3O. The number of anilines is 2. The molecule has 1 aromatic carbocycles. The van der Waals surface area contributed by atoms with Gasteiger partial charge in [0, 0.05) is 34.5 Å². The lowest BCUT2D eigenvalue weighted by atomic mass is 10.2. The summed E-state index contributed by atoms with van der Waals surface area (Å²) in [6.45, 7) is -0.0252. The zero-order chi connectivity index (χ0) is 12.4. The van der Waals surface area contributed by atoms with E-state index < -0.39 is 0 Å². The molecule has 0 saturated heterocycles. The highest BCUT2D eigenvalue weighted by atomic mass is 16.3. The van der Waals surface area contributed by atoms with E-state index in [2.05, 4.69) is 15.3 Å². The van der Waals surface area contributed by atoms with Crippen molar-refractivity contribution in [3.8, 4) is 0 Å². The molecule has 2 aromatic heterocycles. The second kappa shape index (κ2) is 4.50. The molecule has 0 aliphatic carbocycles. The molecule has 0 amide bonds. The van der Waals surface area contributed by atoms with Crippen molar-refractivity contribution < 1.29 is 5.11 Å². The van der Waals surface area contributed by atoms with Gasteiger partial charge in [-0.3, -0.25) is 0 Å². The molecule has 0 unspecified atom stereocenters. The van der Waals surface area contributed by atoms with Gasteiger partial charge in [-0.15, -0.1) is 0 Å². The minimum atomic E-state index is -0.0252. The average Bonchev–Trinajstić information content (AvgIpc) is 2.87. The lowest BCUT2D eigenvalue weighted by molar-refractivity contribution is 0.282. The van der Waals surface area contributed by atoms with Crippen LogP contribution in [0, 0.1) is 0 Å². The van der Waals surface area contributed by atoms with E-state index in [9.17, 15) is 5.11 Å². The third kappa shape index (κ3) is 1.94. The maximum atomic E-state index is 9.25. The molecule has 0 radical (unpaired) electrons. The van der Waals surface area contributed by atoms with Gasteiger partial charge in [-0.05, 0) is 30.3 Å². The Labute approximate surface area is 104 Å². The number of aliphatic hydroxyl groups excluding tert-OH is 1. The Morgan fingerprint density at radius 3 is 3.06 bits per heavy atom. The summed E-state index contributed by atoms with van der Waals surface area (Å²) in [5.41, 5.74) is 2.84. The van der Waals surface area contributed by atoms with E-state index in [-0.39, 0.29) is 6.61 Å². The highest BCUT2D eigenvalue weighted by Crippen LogP contribution is 2.22. The van der Waals surface area contributed by atoms with Crippen molar-refractivity contribution in [3.05, 3.63) is 54.4 Å². The number of H-pyrrole nitrogens is 1. The molecule has 0 saturated carbocycles. The molecule has 4 heteroatoms. The first kappa shape index (κ1) is 10.8. The summed E-state index contributed by atoms with van der Waals surface area (Å²) >= 11 is 0. The van der Waals surface area contributed by atoms with Gasteiger partial charge < -0.3 is 15.4 Å².